The van der Waals surface area contributed by atoms with E-state index in [0.717, 1.165) is 76.6 Å². The summed E-state index contributed by atoms with van der Waals surface area (Å²) in [5.74, 6) is -1.53. The number of hydrogen-bond donors (Lipinski definition) is 11. The van der Waals surface area contributed by atoms with Crippen LogP contribution in [0.3, 0.4) is 0 Å². The van der Waals surface area contributed by atoms with E-state index in [1.54, 1.807) is 39.8 Å². The van der Waals surface area contributed by atoms with Crippen molar-refractivity contribution in [2.45, 2.75) is 210 Å². The van der Waals surface area contributed by atoms with E-state index in [9.17, 15) is 97.9 Å². The van der Waals surface area contributed by atoms with Crippen LogP contribution in [-0.2, 0) is 94.3 Å². The fourth-order valence-corrected chi connectivity index (χ4v) is 15.5. The van der Waals surface area contributed by atoms with E-state index in [1.165, 1.54) is 86.5 Å². The predicted octanol–water partition coefficient (Wildman–Crippen LogP) is 17.0. The van der Waals surface area contributed by atoms with E-state index in [0.29, 0.717) is 72.0 Å². The average Bonchev–Trinajstić information content (AvgIpc) is 1.48. The van der Waals surface area contributed by atoms with E-state index in [-0.39, 0.29) is 90.1 Å². The molecule has 5 aliphatic carbocycles. The second kappa shape index (κ2) is 41.6. The molecule has 0 fully saturated rings. The third-order valence-corrected chi connectivity index (χ3v) is 22.8. The smallest absolute Gasteiger partial charge is 0.444 e. The van der Waals surface area contributed by atoms with Gasteiger partial charge in [-0.05, 0) is 273 Å². The molecule has 128 heavy (non-hydrogen) atoms. The lowest BCUT2D eigenvalue weighted by Gasteiger charge is -2.22. The number of nitrogens with one attached hydrogen (secondary N) is 9. The van der Waals surface area contributed by atoms with Crippen molar-refractivity contribution in [3.63, 3.8) is 0 Å². The molecule has 0 saturated heterocycles. The molecular formula is C85H98ClF10N13O16S3. The monoisotopic (exact) mass is 1880 g/mol. The van der Waals surface area contributed by atoms with Crippen LogP contribution in [0.1, 0.15) is 218 Å². The van der Waals surface area contributed by atoms with Gasteiger partial charge in [-0.2, -0.15) is 64.8 Å². The molecule has 1 heterocycles. The normalized spacial score (nSPS) is 16.6. The number of aryl methyl sites for hydroxylation is 6. The Morgan fingerprint density at radius 3 is 1.19 bits per heavy atom. The number of amides is 6. The van der Waals surface area contributed by atoms with Crippen molar-refractivity contribution >= 4 is 107 Å². The van der Waals surface area contributed by atoms with Gasteiger partial charge in [0.1, 0.15) is 46.9 Å². The molecule has 7 aromatic carbocycles. The SMILES string of the molecule is CC(C)(C)OC(=O)N[C@H]1CCc2cc(N)ccc21.CC(C)(C)OC(=O)N[C@H]1CCc2cc(NC(=O)OCc3ccccc3)ccc21.CC(C)(C)OC(=O)N[C@H]1CCc2cc(NS(=O)(=O)C(F)(F)F)ccc21.Cc1cc(CNC(=O)c2cc(C(=O)N[C@H]3CCc4cc(NS(=O)(=O)C(F)(F)F)ccc43)ncn2)ccc1F.Cl.N[C@H]1CCc2cc(NS(=O)(=O)C(F)(F)F)ccc21. The molecule has 1 aromatic heterocycles. The standard InChI is InChI=1S/C24H21F4N5O4S.C22H26N2O4.C15H19F3N2O4S.C14H20N2O2.C10H11F3N2O2S.ClH/c1-13-8-14(2-6-18(13)25)11-29-22(34)20-10-21(31-12-30-20)23(35)32-19-7-3-15-9-16(4-5-17(15)19)33-38(36,37)24(26,27)28;1-22(2,3)28-21(26)24-19-12-9-16-13-17(10-11-18(16)19)23-20(25)27-14-15-7-5-4-6-8-15;1-14(2,3)24-13(21)19-12-7-4-9-8-10(5-6-11(9)12)20-25(22,23)15(16,17)18;1-14(2,3)18-13(17)16-12-7-4-9-8-10(15)5-6-11(9)12;11-10(12,13)18(16,17)15-7-2-3-8-6(5-7)1-4-9(8)14;/h2,4-6,8-10,12,19,33H,3,7,11H2,1H3,(H,29,34)(H,32,35);4-8,10-11,13,19H,9,12,14H2,1-3H3,(H,23,25)(H,24,26);5-6,8,12,20H,4,7H2,1-3H3,(H,19,21);5-6,8,12H,4,7,15H2,1-3H3,(H,16,17);2-3,5,9,15H,1,4,14H2;1H/t2*19-;2*12-;9-;/m00000./s1. The maximum absolute atomic E-state index is 13.4. The lowest BCUT2D eigenvalue weighted by atomic mass is 10.1. The van der Waals surface area contributed by atoms with Crippen LogP contribution < -0.4 is 57.5 Å². The molecule has 8 aromatic rings. The van der Waals surface area contributed by atoms with E-state index in [2.05, 4.69) is 41.9 Å². The number of alkyl carbamates (subject to hydrolysis) is 3. The highest BCUT2D eigenvalue weighted by Gasteiger charge is 2.48. The van der Waals surface area contributed by atoms with Gasteiger partial charge in [-0.25, -0.2) is 33.5 Å². The van der Waals surface area contributed by atoms with Crippen molar-refractivity contribution in [1.29, 1.82) is 0 Å². The molecule has 29 nitrogen and oxygen atoms in total. The van der Waals surface area contributed by atoms with E-state index in [4.69, 9.17) is 30.4 Å². The summed E-state index contributed by atoms with van der Waals surface area (Å²) in [6, 6.07) is 37.9. The summed E-state index contributed by atoms with van der Waals surface area (Å²) in [7, 11) is -16.4. The molecule has 0 unspecified atom stereocenters. The zero-order valence-corrected chi connectivity index (χ0v) is 74.1. The Morgan fingerprint density at radius 2 is 0.781 bits per heavy atom. The molecule has 0 bridgehead atoms. The highest BCUT2D eigenvalue weighted by Crippen LogP contribution is 2.40. The minimum Gasteiger partial charge on any atom is -0.444 e. The Hall–Kier alpha value is -11.8. The molecule has 0 spiro atoms. The Morgan fingerprint density at radius 1 is 0.422 bits per heavy atom. The number of nitrogens with zero attached hydrogens (tertiary/aromatic N) is 2. The van der Waals surface area contributed by atoms with Crippen LogP contribution in [-0.4, -0.2) is 105 Å². The van der Waals surface area contributed by atoms with Crippen LogP contribution in [0.15, 0.2) is 152 Å². The molecule has 13 N–H and O–H groups in total. The summed E-state index contributed by atoms with van der Waals surface area (Å²) >= 11 is 0. The lowest BCUT2D eigenvalue weighted by molar-refractivity contribution is -0.0435. The first kappa shape index (κ1) is 102. The number of carbonyl (C=O) groups is 6. The lowest BCUT2D eigenvalue weighted by Crippen LogP contribution is -2.34. The topological polar surface area (TPSA) is 428 Å². The fourth-order valence-electron chi connectivity index (χ4n) is 13.8. The van der Waals surface area contributed by atoms with Gasteiger partial charge in [0.2, 0.25) is 0 Å². The van der Waals surface area contributed by atoms with Gasteiger partial charge < -0.3 is 57.0 Å². The number of fused-ring (bicyclic) bond motifs is 5. The molecule has 0 saturated carbocycles. The zero-order valence-electron chi connectivity index (χ0n) is 70.8. The molecule has 5 aliphatic rings. The number of alkyl halides is 9. The predicted molar refractivity (Wildman–Crippen MR) is 459 cm³/mol. The molecule has 5 atom stereocenters. The van der Waals surface area contributed by atoms with Crippen molar-refractivity contribution in [2.75, 3.05) is 25.2 Å². The van der Waals surface area contributed by atoms with Gasteiger partial charge in [0.05, 0.1) is 24.2 Å². The molecule has 13 rings (SSSR count). The van der Waals surface area contributed by atoms with Gasteiger partial charge in [0, 0.05) is 47.1 Å². The summed E-state index contributed by atoms with van der Waals surface area (Å²) in [4.78, 5) is 80.7. The molecule has 43 heteroatoms. The summed E-state index contributed by atoms with van der Waals surface area (Å²) in [5, 5.41) is 16.7. The summed E-state index contributed by atoms with van der Waals surface area (Å²) in [6.45, 7) is 18.2. The van der Waals surface area contributed by atoms with Crippen LogP contribution in [0.25, 0.3) is 0 Å². The van der Waals surface area contributed by atoms with Crippen molar-refractivity contribution in [3.05, 3.63) is 241 Å². The molecule has 6 amide bonds. The van der Waals surface area contributed by atoms with Crippen LogP contribution in [0.2, 0.25) is 0 Å². The Bertz CT molecular complexity index is 5730. The van der Waals surface area contributed by atoms with Crippen LogP contribution >= 0.6 is 12.4 Å². The Kier molecular flexibility index (Phi) is 33.0. The number of nitrogen functional groups attached to an aromatic ring is 1. The van der Waals surface area contributed by atoms with Gasteiger partial charge in [0.25, 0.3) is 11.8 Å². The summed E-state index contributed by atoms with van der Waals surface area (Å²) in [5.41, 5.74) is 5.32. The van der Waals surface area contributed by atoms with Gasteiger partial charge in [0.15, 0.2) is 0 Å². The van der Waals surface area contributed by atoms with E-state index in [1.807, 2.05) is 108 Å². The fraction of sp³-hybridized carbons (Fsp3) is 0.388. The number of halogens is 11. The third-order valence-electron chi connectivity index (χ3n) is 19.5. The molecular weight excluding hydrogens is 1780 g/mol. The number of carbonyl (C=O) groups excluding carboxylic acids is 6. The molecule has 0 radical (unpaired) electrons. The Labute approximate surface area is 739 Å². The van der Waals surface area contributed by atoms with Crippen molar-refractivity contribution in [1.82, 2.24) is 36.6 Å². The number of sulfonamides is 3. The van der Waals surface area contributed by atoms with Gasteiger partial charge >= 0.3 is 71.0 Å². The second-order valence-corrected chi connectivity index (χ2v) is 38.0. The number of ether oxygens (including phenoxy) is 4. The second-order valence-electron chi connectivity index (χ2n) is 32.9. The van der Waals surface area contributed by atoms with Gasteiger partial charge in [-0.15, -0.1) is 12.4 Å². The quantitative estimate of drug-likeness (QED) is 0.0229. The number of nitrogens with two attached hydrogens (primary N) is 2. The summed E-state index contributed by atoms with van der Waals surface area (Å²) in [6.07, 6.45) is 5.87. The number of aromatic nitrogens is 2. The van der Waals surface area contributed by atoms with E-state index >= 15 is 0 Å². The van der Waals surface area contributed by atoms with Crippen molar-refractivity contribution < 1.29 is 117 Å². The van der Waals surface area contributed by atoms with Crippen LogP contribution in [0.5, 0.6) is 0 Å². The minimum atomic E-state index is -5.55. The van der Waals surface area contributed by atoms with Gasteiger partial charge in [-0.3, -0.25) is 29.1 Å². The number of hydrogen-bond acceptors (Lipinski definition) is 20. The highest BCUT2D eigenvalue weighted by molar-refractivity contribution is 7.94. The first-order valence-corrected chi connectivity index (χ1v) is 44.0. The molecule has 694 valence electrons. The largest absolute Gasteiger partial charge is 0.516 e. The summed E-state index contributed by atoms with van der Waals surface area (Å²) < 4.78 is 218. The number of anilines is 5. The van der Waals surface area contributed by atoms with E-state index < -0.39 is 99.5 Å². The van der Waals surface area contributed by atoms with Crippen LogP contribution in [0, 0.1) is 12.7 Å². The molecule has 0 aliphatic heterocycles. The first-order chi connectivity index (χ1) is 59.0. The number of rotatable bonds is 17. The van der Waals surface area contributed by atoms with Gasteiger partial charge in [-0.1, -0.05) is 72.8 Å². The minimum absolute atomic E-state index is 0. The first-order valence-electron chi connectivity index (χ1n) is 39.5. The highest BCUT2D eigenvalue weighted by atomic mass is 35.5. The maximum Gasteiger partial charge on any atom is 0.516 e. The third kappa shape index (κ3) is 29.1. The van der Waals surface area contributed by atoms with Crippen LogP contribution in [0.4, 0.5) is 91.5 Å². The van der Waals surface area contributed by atoms with Crippen molar-refractivity contribution in [2.24, 2.45) is 5.73 Å². The average molecular weight is 1880 g/mol. The maximum atomic E-state index is 13.4. The zero-order chi connectivity index (χ0) is 93.7. The van der Waals surface area contributed by atoms with Crippen molar-refractivity contribution in [3.8, 4) is 0 Å². The number of benzene rings is 7. The Balaban J connectivity index is 0.000000203.